The number of halogens is 2. The Morgan fingerprint density at radius 3 is 2.56 bits per heavy atom. The van der Waals surface area contributed by atoms with Gasteiger partial charge in [0.1, 0.15) is 5.69 Å². The number of benzene rings is 1. The molecule has 5 rings (SSSR count). The van der Waals surface area contributed by atoms with Crippen molar-refractivity contribution in [1.82, 2.24) is 28.7 Å². The molecule has 0 unspecified atom stereocenters. The molecule has 0 aliphatic rings. The van der Waals surface area contributed by atoms with Crippen LogP contribution in [0.15, 0.2) is 69.1 Å². The molecule has 12 heteroatoms. The van der Waals surface area contributed by atoms with Gasteiger partial charge in [0, 0.05) is 30.4 Å². The summed E-state index contributed by atoms with van der Waals surface area (Å²) in [4.78, 5) is 33.4. The number of hydrogen-bond donors (Lipinski definition) is 1. The van der Waals surface area contributed by atoms with Crippen LogP contribution >= 0.6 is 0 Å². The molecule has 0 saturated carbocycles. The second kappa shape index (κ2) is 8.06. The Balaban J connectivity index is 1.80. The van der Waals surface area contributed by atoms with Crippen molar-refractivity contribution in [3.05, 3.63) is 87.3 Å². The fourth-order valence-electron chi connectivity index (χ4n) is 3.73. The number of oxazole rings is 1. The van der Waals surface area contributed by atoms with Gasteiger partial charge in [-0.05, 0) is 6.07 Å². The summed E-state index contributed by atoms with van der Waals surface area (Å²) in [6.07, 6.45) is -0.419. The zero-order valence-electron chi connectivity index (χ0n) is 17.7. The molecule has 5 aromatic rings. The number of aryl methyl sites for hydroxylation is 1. The molecule has 172 valence electrons. The van der Waals surface area contributed by atoms with Gasteiger partial charge in [-0.2, -0.15) is 0 Å². The molecular formula is C22H17F2N7O3. The van der Waals surface area contributed by atoms with Crippen LogP contribution in [0.2, 0.25) is 0 Å². The normalized spacial score (nSPS) is 11.5. The van der Waals surface area contributed by atoms with E-state index in [4.69, 9.17) is 10.2 Å². The van der Waals surface area contributed by atoms with E-state index in [1.807, 2.05) is 30.3 Å². The highest BCUT2D eigenvalue weighted by molar-refractivity contribution is 5.90. The first-order chi connectivity index (χ1) is 16.3. The smallest absolute Gasteiger partial charge is 0.353 e. The van der Waals surface area contributed by atoms with Crippen molar-refractivity contribution in [2.75, 3.05) is 5.73 Å². The van der Waals surface area contributed by atoms with Crippen LogP contribution in [0.4, 0.5) is 14.7 Å². The number of rotatable bonds is 5. The molecule has 1 aromatic carbocycles. The number of anilines is 1. The number of aromatic nitrogens is 6. The van der Waals surface area contributed by atoms with E-state index in [2.05, 4.69) is 15.1 Å². The minimum absolute atomic E-state index is 0.126. The Bertz CT molecular complexity index is 1630. The van der Waals surface area contributed by atoms with Gasteiger partial charge in [-0.1, -0.05) is 30.3 Å². The predicted octanol–water partition coefficient (Wildman–Crippen LogP) is 2.48. The molecule has 0 amide bonds. The average molecular weight is 465 g/mol. The lowest BCUT2D eigenvalue weighted by Gasteiger charge is -2.12. The number of nitrogens with two attached hydrogens (primary N) is 1. The monoisotopic (exact) mass is 465 g/mol. The van der Waals surface area contributed by atoms with E-state index < -0.39 is 17.9 Å². The number of nitrogen functional groups attached to an aromatic ring is 1. The minimum Gasteiger partial charge on any atom is -0.442 e. The summed E-state index contributed by atoms with van der Waals surface area (Å²) in [5.74, 6) is -0.772. The molecule has 0 spiro atoms. The topological polar surface area (TPSA) is 126 Å². The third-order valence-electron chi connectivity index (χ3n) is 5.35. The van der Waals surface area contributed by atoms with Crippen molar-refractivity contribution in [1.29, 1.82) is 0 Å². The van der Waals surface area contributed by atoms with Gasteiger partial charge in [-0.15, -0.1) is 5.10 Å². The van der Waals surface area contributed by atoms with Gasteiger partial charge in [0.05, 0.1) is 17.8 Å². The van der Waals surface area contributed by atoms with E-state index in [9.17, 15) is 18.4 Å². The van der Waals surface area contributed by atoms with Gasteiger partial charge in [0.25, 0.3) is 6.43 Å². The summed E-state index contributed by atoms with van der Waals surface area (Å²) in [5, 5.41) is 4.40. The van der Waals surface area contributed by atoms with Crippen LogP contribution in [0.25, 0.3) is 28.0 Å². The lowest BCUT2D eigenvalue weighted by atomic mass is 10.0. The van der Waals surface area contributed by atoms with Crippen molar-refractivity contribution < 1.29 is 13.2 Å². The third-order valence-corrected chi connectivity index (χ3v) is 5.35. The summed E-state index contributed by atoms with van der Waals surface area (Å²) in [6, 6.07) is 12.1. The molecule has 4 heterocycles. The number of pyridine rings is 1. The van der Waals surface area contributed by atoms with Gasteiger partial charge < -0.3 is 14.7 Å². The number of hydrogen-bond acceptors (Lipinski definition) is 7. The molecular weight excluding hydrogens is 448 g/mol. The van der Waals surface area contributed by atoms with Crippen molar-refractivity contribution in [2.24, 2.45) is 7.05 Å². The van der Waals surface area contributed by atoms with E-state index in [0.717, 1.165) is 15.5 Å². The van der Waals surface area contributed by atoms with Crippen LogP contribution in [-0.4, -0.2) is 28.7 Å². The van der Waals surface area contributed by atoms with E-state index in [-0.39, 0.29) is 29.4 Å². The summed E-state index contributed by atoms with van der Waals surface area (Å²) >= 11 is 0. The molecule has 34 heavy (non-hydrogen) atoms. The first-order valence-electron chi connectivity index (χ1n) is 10.1. The highest BCUT2D eigenvalue weighted by atomic mass is 19.3. The number of alkyl halides is 2. The molecule has 2 N–H and O–H groups in total. The maximum atomic E-state index is 13.2. The second-order valence-electron chi connectivity index (χ2n) is 7.49. The average Bonchev–Trinajstić information content (AvgIpc) is 3.41. The van der Waals surface area contributed by atoms with Crippen LogP contribution in [-0.2, 0) is 13.6 Å². The van der Waals surface area contributed by atoms with E-state index in [1.165, 1.54) is 10.6 Å². The van der Waals surface area contributed by atoms with Crippen molar-refractivity contribution in [3.63, 3.8) is 0 Å². The van der Waals surface area contributed by atoms with Crippen molar-refractivity contribution in [3.8, 4) is 22.4 Å². The standard InChI is InChI=1S/C22H17F2N7O3/c1-29-9-13(7-8-15(29)32)16-17(12-5-3-2-4-6-12)27-21(25)31-20(16)28-30(22(31)33)10-14-18(19(23)24)34-11-26-14/h2-9,11,19H,10H2,1H3,(H2,25,27). The molecule has 10 nitrogen and oxygen atoms in total. The quantitative estimate of drug-likeness (QED) is 0.423. The first-order valence-corrected chi connectivity index (χ1v) is 10.1. The molecule has 0 bridgehead atoms. The summed E-state index contributed by atoms with van der Waals surface area (Å²) in [6.45, 7) is -0.358. The summed E-state index contributed by atoms with van der Waals surface area (Å²) in [5.41, 5.74) is 7.42. The van der Waals surface area contributed by atoms with Crippen LogP contribution < -0.4 is 17.0 Å². The van der Waals surface area contributed by atoms with Crippen LogP contribution in [0.1, 0.15) is 17.9 Å². The second-order valence-corrected chi connectivity index (χ2v) is 7.49. The Kier molecular flexibility index (Phi) is 5.04. The van der Waals surface area contributed by atoms with Gasteiger partial charge >= 0.3 is 5.69 Å². The Morgan fingerprint density at radius 2 is 1.85 bits per heavy atom. The molecule has 0 aliphatic heterocycles. The predicted molar refractivity (Wildman–Crippen MR) is 118 cm³/mol. The molecule has 0 radical (unpaired) electrons. The first kappa shape index (κ1) is 21.2. The lowest BCUT2D eigenvalue weighted by molar-refractivity contribution is 0.120. The van der Waals surface area contributed by atoms with Gasteiger partial charge in [0.15, 0.2) is 17.8 Å². The fourth-order valence-corrected chi connectivity index (χ4v) is 3.73. The Labute approximate surface area is 189 Å². The van der Waals surface area contributed by atoms with E-state index in [1.54, 1.807) is 19.3 Å². The third kappa shape index (κ3) is 3.45. The Morgan fingerprint density at radius 1 is 1.09 bits per heavy atom. The zero-order chi connectivity index (χ0) is 24.0. The van der Waals surface area contributed by atoms with Crippen LogP contribution in [0, 0.1) is 0 Å². The summed E-state index contributed by atoms with van der Waals surface area (Å²) in [7, 11) is 1.59. The van der Waals surface area contributed by atoms with Crippen molar-refractivity contribution >= 4 is 11.6 Å². The van der Waals surface area contributed by atoms with Crippen LogP contribution in [0.5, 0.6) is 0 Å². The number of nitrogens with zero attached hydrogens (tertiary/aromatic N) is 6. The van der Waals surface area contributed by atoms with E-state index >= 15 is 0 Å². The maximum absolute atomic E-state index is 13.2. The maximum Gasteiger partial charge on any atom is 0.353 e. The summed E-state index contributed by atoms with van der Waals surface area (Å²) < 4.78 is 34.6. The van der Waals surface area contributed by atoms with Gasteiger partial charge in [-0.25, -0.2) is 32.6 Å². The highest BCUT2D eigenvalue weighted by Gasteiger charge is 2.24. The molecule has 0 fully saturated rings. The van der Waals surface area contributed by atoms with Gasteiger partial charge in [-0.3, -0.25) is 4.79 Å². The largest absolute Gasteiger partial charge is 0.442 e. The molecule has 0 saturated heterocycles. The SMILES string of the molecule is Cn1cc(-c2c(-c3ccccc3)nc(N)n3c(=O)n(Cc4ncoc4C(F)F)nc23)ccc1=O. The Hall–Kier alpha value is -4.61. The molecule has 4 aromatic heterocycles. The number of fused-ring (bicyclic) bond motifs is 1. The lowest BCUT2D eigenvalue weighted by Crippen LogP contribution is -2.24. The van der Waals surface area contributed by atoms with Gasteiger partial charge in [0.2, 0.25) is 11.5 Å². The van der Waals surface area contributed by atoms with Crippen molar-refractivity contribution in [2.45, 2.75) is 13.0 Å². The van der Waals surface area contributed by atoms with Crippen LogP contribution in [0.3, 0.4) is 0 Å². The zero-order valence-corrected chi connectivity index (χ0v) is 17.7. The fraction of sp³-hybridized carbons (Fsp3) is 0.136. The van der Waals surface area contributed by atoms with E-state index in [0.29, 0.717) is 22.4 Å². The molecule has 0 aliphatic carbocycles. The highest BCUT2D eigenvalue weighted by Crippen LogP contribution is 2.34. The molecule has 0 atom stereocenters. The minimum atomic E-state index is -2.90.